The van der Waals surface area contributed by atoms with Crippen molar-refractivity contribution in [1.29, 1.82) is 0 Å². The maximum atomic E-state index is 12.3. The van der Waals surface area contributed by atoms with Crippen LogP contribution in [0.4, 0.5) is 0 Å². The molecule has 25 heavy (non-hydrogen) atoms. The zero-order valence-electron chi connectivity index (χ0n) is 13.7. The lowest BCUT2D eigenvalue weighted by Crippen LogP contribution is -2.15. The van der Waals surface area contributed by atoms with Gasteiger partial charge in [-0.25, -0.2) is 4.79 Å². The highest BCUT2D eigenvalue weighted by Crippen LogP contribution is 2.34. The van der Waals surface area contributed by atoms with Gasteiger partial charge in [0, 0.05) is 12.0 Å². The molecular weight excluding hydrogens is 322 g/mol. The van der Waals surface area contributed by atoms with Gasteiger partial charge in [-0.15, -0.1) is 0 Å². The van der Waals surface area contributed by atoms with E-state index >= 15 is 0 Å². The number of H-pyrrole nitrogens is 1. The number of rotatable bonds is 5. The topological polar surface area (TPSA) is 97.5 Å². The Labute approximate surface area is 142 Å². The second-order valence-corrected chi connectivity index (χ2v) is 6.14. The third-order valence-electron chi connectivity index (χ3n) is 4.32. The molecule has 7 nitrogen and oxygen atoms in total. The van der Waals surface area contributed by atoms with Crippen molar-refractivity contribution in [3.63, 3.8) is 0 Å². The molecule has 1 fully saturated rings. The summed E-state index contributed by atoms with van der Waals surface area (Å²) in [5.74, 6) is 0.380. The van der Waals surface area contributed by atoms with Gasteiger partial charge in [0.25, 0.3) is 5.56 Å². The van der Waals surface area contributed by atoms with Crippen molar-refractivity contribution in [2.45, 2.75) is 32.6 Å². The van der Waals surface area contributed by atoms with Crippen LogP contribution in [0.3, 0.4) is 0 Å². The summed E-state index contributed by atoms with van der Waals surface area (Å²) < 4.78 is 5.05. The molecule has 0 unspecified atom stereocenters. The Morgan fingerprint density at radius 1 is 1.44 bits per heavy atom. The van der Waals surface area contributed by atoms with E-state index in [4.69, 9.17) is 9.25 Å². The minimum atomic E-state index is -0.545. The van der Waals surface area contributed by atoms with Gasteiger partial charge in [-0.2, -0.15) is 4.98 Å². The normalized spacial score (nSPS) is 17.2. The predicted octanol–water partition coefficient (Wildman–Crippen LogP) is 2.47. The maximum absolute atomic E-state index is 12.3. The summed E-state index contributed by atoms with van der Waals surface area (Å²) in [5.41, 5.74) is 1.51. The molecule has 0 saturated heterocycles. The van der Waals surface area contributed by atoms with E-state index in [2.05, 4.69) is 27.3 Å². The van der Waals surface area contributed by atoms with Gasteiger partial charge in [0.2, 0.25) is 5.71 Å². The lowest BCUT2D eigenvalue weighted by Gasteiger charge is -2.05. The molecule has 0 bridgehead atoms. The molecule has 1 N–H and O–H groups in total. The van der Waals surface area contributed by atoms with E-state index in [1.165, 1.54) is 6.07 Å². The van der Waals surface area contributed by atoms with Gasteiger partial charge in [0.1, 0.15) is 5.39 Å². The number of nitrogens with zero attached hydrogens (tertiary/aromatic N) is 2. The lowest BCUT2D eigenvalue weighted by molar-refractivity contribution is 0.310. The van der Waals surface area contributed by atoms with Crippen molar-refractivity contribution in [2.24, 2.45) is 11.1 Å². The molecule has 2 aliphatic carbocycles. The molecule has 0 aromatic carbocycles. The first-order valence-electron chi connectivity index (χ1n) is 8.34. The molecule has 1 saturated carbocycles. The first-order valence-corrected chi connectivity index (χ1v) is 8.34. The average Bonchev–Trinajstić information content (AvgIpc) is 3.28. The van der Waals surface area contributed by atoms with Crippen molar-refractivity contribution in [1.82, 2.24) is 9.97 Å². The van der Waals surface area contributed by atoms with Crippen LogP contribution in [0.5, 0.6) is 6.01 Å². The van der Waals surface area contributed by atoms with Crippen LogP contribution >= 0.6 is 0 Å². The quantitative estimate of drug-likeness (QED) is 0.666. The summed E-state index contributed by atoms with van der Waals surface area (Å²) in [6.07, 6.45) is 9.72. The van der Waals surface area contributed by atoms with Crippen molar-refractivity contribution in [2.75, 3.05) is 0 Å². The third-order valence-corrected chi connectivity index (χ3v) is 4.32. The Morgan fingerprint density at radius 2 is 2.28 bits per heavy atom. The van der Waals surface area contributed by atoms with Gasteiger partial charge in [0.15, 0.2) is 0 Å². The van der Waals surface area contributed by atoms with Gasteiger partial charge in [-0.1, -0.05) is 30.3 Å². The summed E-state index contributed by atoms with van der Waals surface area (Å²) in [7, 11) is 0. The molecule has 0 aliphatic heterocycles. The fourth-order valence-electron chi connectivity index (χ4n) is 2.91. The molecular formula is C18H17N3O4. The number of nitrogens with one attached hydrogen (secondary N) is 1. The number of oxime groups is 1. The van der Waals surface area contributed by atoms with Gasteiger partial charge >= 0.3 is 11.6 Å². The highest BCUT2D eigenvalue weighted by Gasteiger charge is 2.30. The molecule has 2 aromatic rings. The monoisotopic (exact) mass is 339 g/mol. The Bertz CT molecular complexity index is 1040. The molecule has 4 rings (SSSR count). The minimum absolute atomic E-state index is 0.0359. The molecule has 0 amide bonds. The smallest absolute Gasteiger partial charge is 0.337 e. The van der Waals surface area contributed by atoms with Crippen LogP contribution in [0, 0.1) is 5.92 Å². The fraction of sp³-hybridized carbons (Fsp3) is 0.333. The molecule has 0 radical (unpaired) electrons. The van der Waals surface area contributed by atoms with Gasteiger partial charge in [0.05, 0.1) is 5.71 Å². The van der Waals surface area contributed by atoms with Crippen LogP contribution in [0.2, 0.25) is 0 Å². The number of aromatic amines is 1. The summed E-state index contributed by atoms with van der Waals surface area (Å²) in [5, 5.41) is 4.46. The van der Waals surface area contributed by atoms with E-state index in [9.17, 15) is 9.59 Å². The molecule has 128 valence electrons. The standard InChI is InChI=1S/C18H17N3O4/c1-2-10-9-13(22)24-17-14(10)16(23)19-18(20-17)25-21-15(12-7-8-12)11-5-3-4-6-11/h3,5-6,9,12H,2,4,7-8H2,1H3,(H,19,20,23)/b21-15-. The molecule has 0 spiro atoms. The molecule has 7 heteroatoms. The largest absolute Gasteiger partial charge is 0.403 e. The van der Waals surface area contributed by atoms with Crippen molar-refractivity contribution in [3.05, 3.63) is 56.2 Å². The summed E-state index contributed by atoms with van der Waals surface area (Å²) in [4.78, 5) is 36.0. The molecule has 0 atom stereocenters. The number of fused-ring (bicyclic) bond motifs is 1. The number of aryl methyl sites for hydroxylation is 1. The number of allylic oxidation sites excluding steroid dienone is 4. The van der Waals surface area contributed by atoms with E-state index in [1.807, 2.05) is 13.0 Å². The van der Waals surface area contributed by atoms with E-state index in [0.29, 0.717) is 17.9 Å². The second-order valence-electron chi connectivity index (χ2n) is 6.14. The maximum Gasteiger partial charge on any atom is 0.337 e. The second kappa shape index (κ2) is 6.16. The minimum Gasteiger partial charge on any atom is -0.403 e. The predicted molar refractivity (Wildman–Crippen MR) is 92.9 cm³/mol. The van der Waals surface area contributed by atoms with Crippen LogP contribution in [0.25, 0.3) is 11.1 Å². The van der Waals surface area contributed by atoms with E-state index < -0.39 is 11.2 Å². The Kier molecular flexibility index (Phi) is 3.83. The molecule has 2 heterocycles. The van der Waals surface area contributed by atoms with Crippen molar-refractivity contribution < 1.29 is 9.25 Å². The van der Waals surface area contributed by atoms with Crippen molar-refractivity contribution in [3.8, 4) is 6.01 Å². The SMILES string of the molecule is CCc1cc(=O)oc2nc(O/N=C(/C3=CCC=C3)C3CC3)[nH]c(=O)c12. The zero-order chi connectivity index (χ0) is 17.4. The first kappa shape index (κ1) is 15.6. The van der Waals surface area contributed by atoms with Crippen molar-refractivity contribution >= 4 is 16.8 Å². The Morgan fingerprint density at radius 3 is 2.96 bits per heavy atom. The van der Waals surface area contributed by atoms with Crippen LogP contribution in [0.1, 0.15) is 31.7 Å². The average molecular weight is 339 g/mol. The molecule has 2 aromatic heterocycles. The van der Waals surface area contributed by atoms with Crippen LogP contribution in [0.15, 0.2) is 49.0 Å². The summed E-state index contributed by atoms with van der Waals surface area (Å²) in [6.45, 7) is 1.85. The van der Waals surface area contributed by atoms with E-state index in [-0.39, 0.29) is 17.1 Å². The van der Waals surface area contributed by atoms with Gasteiger partial charge < -0.3 is 9.25 Å². The number of aromatic nitrogens is 2. The highest BCUT2D eigenvalue weighted by atomic mass is 16.6. The van der Waals surface area contributed by atoms with E-state index in [0.717, 1.165) is 30.5 Å². The number of hydrogen-bond acceptors (Lipinski definition) is 6. The third kappa shape index (κ3) is 3.05. The van der Waals surface area contributed by atoms with Crippen LogP contribution in [-0.2, 0) is 6.42 Å². The highest BCUT2D eigenvalue weighted by molar-refractivity contribution is 6.05. The van der Waals surface area contributed by atoms with Crippen LogP contribution < -0.4 is 16.0 Å². The summed E-state index contributed by atoms with van der Waals surface area (Å²) in [6, 6.07) is 1.22. The Hall–Kier alpha value is -2.96. The fourth-order valence-corrected chi connectivity index (χ4v) is 2.91. The van der Waals surface area contributed by atoms with E-state index in [1.54, 1.807) is 0 Å². The van der Waals surface area contributed by atoms with Crippen LogP contribution in [-0.4, -0.2) is 15.7 Å². The van der Waals surface area contributed by atoms with Gasteiger partial charge in [-0.05, 0) is 36.8 Å². The molecule has 2 aliphatic rings. The lowest BCUT2D eigenvalue weighted by atomic mass is 10.1. The first-order chi connectivity index (χ1) is 12.2. The number of hydrogen-bond donors (Lipinski definition) is 1. The Balaban J connectivity index is 1.72. The van der Waals surface area contributed by atoms with Gasteiger partial charge in [-0.3, -0.25) is 9.78 Å². The zero-order valence-corrected chi connectivity index (χ0v) is 13.7. The summed E-state index contributed by atoms with van der Waals surface area (Å²) >= 11 is 0.